The number of nitriles is 1. The smallest absolute Gasteiger partial charge is 0.124 e. The van der Waals surface area contributed by atoms with Gasteiger partial charge in [-0.05, 0) is 48.6 Å². The highest BCUT2D eigenvalue weighted by molar-refractivity contribution is 5.58. The normalized spacial score (nSPS) is 17.4. The largest absolute Gasteiger partial charge is 0.377 e. The lowest BCUT2D eigenvalue weighted by atomic mass is 9.98. The van der Waals surface area contributed by atoms with Gasteiger partial charge in [-0.25, -0.2) is 4.39 Å². The molecule has 0 saturated heterocycles. The first-order valence-electron chi connectivity index (χ1n) is 7.32. The molecule has 1 N–H and O–H groups in total. The van der Waals surface area contributed by atoms with Gasteiger partial charge in [0.2, 0.25) is 0 Å². The van der Waals surface area contributed by atoms with Crippen molar-refractivity contribution in [3.05, 3.63) is 65.0 Å². The van der Waals surface area contributed by atoms with Crippen molar-refractivity contribution < 1.29 is 4.39 Å². The third-order valence-electron chi connectivity index (χ3n) is 4.05. The van der Waals surface area contributed by atoms with Crippen LogP contribution in [0, 0.1) is 17.1 Å². The second-order valence-corrected chi connectivity index (χ2v) is 5.44. The van der Waals surface area contributed by atoms with Crippen LogP contribution < -0.4 is 5.32 Å². The van der Waals surface area contributed by atoms with Crippen molar-refractivity contribution in [2.24, 2.45) is 0 Å². The molecule has 21 heavy (non-hydrogen) atoms. The summed E-state index contributed by atoms with van der Waals surface area (Å²) >= 11 is 0. The Kier molecular flexibility index (Phi) is 3.87. The Morgan fingerprint density at radius 2 is 2.00 bits per heavy atom. The van der Waals surface area contributed by atoms with Crippen LogP contribution in [0.15, 0.2) is 42.5 Å². The number of halogens is 1. The average Bonchev–Trinajstić information content (AvgIpc) is 2.71. The fourth-order valence-electron chi connectivity index (χ4n) is 2.99. The van der Waals surface area contributed by atoms with Crippen LogP contribution >= 0.6 is 0 Å². The average molecular weight is 280 g/mol. The molecule has 0 spiro atoms. The second kappa shape index (κ2) is 5.97. The molecule has 3 rings (SSSR count). The molecule has 0 heterocycles. The summed E-state index contributed by atoms with van der Waals surface area (Å²) in [6.07, 6.45) is 4.46. The minimum Gasteiger partial charge on any atom is -0.377 e. The van der Waals surface area contributed by atoms with E-state index in [0.29, 0.717) is 11.3 Å². The van der Waals surface area contributed by atoms with Crippen molar-refractivity contribution in [1.29, 1.82) is 5.26 Å². The lowest BCUT2D eigenvalue weighted by molar-refractivity contribution is 0.625. The molecule has 106 valence electrons. The van der Waals surface area contributed by atoms with Crippen molar-refractivity contribution in [3.63, 3.8) is 0 Å². The minimum absolute atomic E-state index is 0.182. The number of aryl methyl sites for hydroxylation is 1. The highest BCUT2D eigenvalue weighted by Gasteiger charge is 2.19. The van der Waals surface area contributed by atoms with Crippen molar-refractivity contribution in [3.8, 4) is 6.07 Å². The van der Waals surface area contributed by atoms with E-state index >= 15 is 0 Å². The number of nitrogens with one attached hydrogen (secondary N) is 1. The SMILES string of the molecule is N#Cc1cc(F)ccc1NC1CCCCc2ccccc21. The van der Waals surface area contributed by atoms with Crippen molar-refractivity contribution in [1.82, 2.24) is 0 Å². The number of rotatable bonds is 2. The van der Waals surface area contributed by atoms with Crippen LogP contribution in [-0.2, 0) is 6.42 Å². The van der Waals surface area contributed by atoms with Crippen LogP contribution in [-0.4, -0.2) is 0 Å². The van der Waals surface area contributed by atoms with Crippen molar-refractivity contribution >= 4 is 5.69 Å². The molecule has 0 aliphatic heterocycles. The van der Waals surface area contributed by atoms with E-state index in [2.05, 4.69) is 35.7 Å². The number of fused-ring (bicyclic) bond motifs is 1. The Balaban J connectivity index is 1.93. The molecule has 1 atom stereocenters. The Morgan fingerprint density at radius 3 is 2.86 bits per heavy atom. The van der Waals surface area contributed by atoms with Gasteiger partial charge >= 0.3 is 0 Å². The standard InChI is InChI=1S/C18H17FN2/c19-15-9-10-17(14(11-15)12-20)21-18-8-4-2-6-13-5-1-3-7-16(13)18/h1,3,5,7,9-11,18,21H,2,4,6,8H2. The van der Waals surface area contributed by atoms with Gasteiger partial charge in [-0.1, -0.05) is 30.7 Å². The first-order valence-corrected chi connectivity index (χ1v) is 7.32. The molecule has 0 radical (unpaired) electrons. The molecule has 0 aromatic heterocycles. The quantitative estimate of drug-likeness (QED) is 0.817. The summed E-state index contributed by atoms with van der Waals surface area (Å²) in [5.74, 6) is -0.377. The summed E-state index contributed by atoms with van der Waals surface area (Å²) in [6, 6.07) is 15.0. The summed E-state index contributed by atoms with van der Waals surface area (Å²) in [7, 11) is 0. The summed E-state index contributed by atoms with van der Waals surface area (Å²) in [4.78, 5) is 0. The lowest BCUT2D eigenvalue weighted by Crippen LogP contribution is -2.12. The van der Waals surface area contributed by atoms with Gasteiger partial charge < -0.3 is 5.32 Å². The Morgan fingerprint density at radius 1 is 1.14 bits per heavy atom. The molecule has 0 saturated carbocycles. The van der Waals surface area contributed by atoms with E-state index in [9.17, 15) is 4.39 Å². The summed E-state index contributed by atoms with van der Waals surface area (Å²) in [5.41, 5.74) is 3.73. The lowest BCUT2D eigenvalue weighted by Gasteiger charge is -2.21. The monoisotopic (exact) mass is 280 g/mol. The van der Waals surface area contributed by atoms with Crippen LogP contribution in [0.5, 0.6) is 0 Å². The Labute approximate surface area is 124 Å². The molecule has 0 bridgehead atoms. The molecule has 3 heteroatoms. The highest BCUT2D eigenvalue weighted by Crippen LogP contribution is 2.32. The van der Waals surface area contributed by atoms with Crippen LogP contribution in [0.25, 0.3) is 0 Å². The minimum atomic E-state index is -0.377. The van der Waals surface area contributed by atoms with Gasteiger partial charge in [-0.15, -0.1) is 0 Å². The van der Waals surface area contributed by atoms with Crippen molar-refractivity contribution in [2.45, 2.75) is 31.7 Å². The third kappa shape index (κ3) is 2.90. The van der Waals surface area contributed by atoms with E-state index < -0.39 is 0 Å². The zero-order valence-corrected chi connectivity index (χ0v) is 11.8. The maximum absolute atomic E-state index is 13.2. The first-order chi connectivity index (χ1) is 10.3. The zero-order chi connectivity index (χ0) is 14.7. The molecule has 2 aromatic rings. The molecular formula is C18H17FN2. The Hall–Kier alpha value is -2.34. The maximum atomic E-state index is 13.2. The molecule has 0 amide bonds. The first kappa shape index (κ1) is 13.6. The number of hydrogen-bond acceptors (Lipinski definition) is 2. The van der Waals surface area contributed by atoms with Crippen molar-refractivity contribution in [2.75, 3.05) is 5.32 Å². The van der Waals surface area contributed by atoms with Gasteiger partial charge in [0, 0.05) is 0 Å². The number of hydrogen-bond donors (Lipinski definition) is 1. The predicted octanol–water partition coefficient (Wildman–Crippen LogP) is 4.58. The van der Waals surface area contributed by atoms with E-state index in [0.717, 1.165) is 19.3 Å². The van der Waals surface area contributed by atoms with Crippen LogP contribution in [0.4, 0.5) is 10.1 Å². The predicted molar refractivity (Wildman–Crippen MR) is 81.5 cm³/mol. The number of benzene rings is 2. The fourth-order valence-corrected chi connectivity index (χ4v) is 2.99. The molecular weight excluding hydrogens is 263 g/mol. The van der Waals surface area contributed by atoms with Crippen LogP contribution in [0.2, 0.25) is 0 Å². The van der Waals surface area contributed by atoms with E-state index in [-0.39, 0.29) is 11.9 Å². The molecule has 1 aliphatic rings. The van der Waals surface area contributed by atoms with Gasteiger partial charge in [0.05, 0.1) is 17.3 Å². The summed E-state index contributed by atoms with van der Waals surface area (Å²) < 4.78 is 13.2. The molecule has 1 unspecified atom stereocenters. The summed E-state index contributed by atoms with van der Waals surface area (Å²) in [5, 5.41) is 12.6. The van der Waals surface area contributed by atoms with Gasteiger partial charge in [0.1, 0.15) is 11.9 Å². The van der Waals surface area contributed by atoms with E-state index in [1.165, 1.54) is 29.7 Å². The molecule has 0 fully saturated rings. The highest BCUT2D eigenvalue weighted by atomic mass is 19.1. The summed E-state index contributed by atoms with van der Waals surface area (Å²) in [6.45, 7) is 0. The van der Waals surface area contributed by atoms with Gasteiger partial charge in [0.25, 0.3) is 0 Å². The third-order valence-corrected chi connectivity index (χ3v) is 4.05. The second-order valence-electron chi connectivity index (χ2n) is 5.44. The maximum Gasteiger partial charge on any atom is 0.124 e. The van der Waals surface area contributed by atoms with Gasteiger partial charge in [-0.2, -0.15) is 5.26 Å². The fraction of sp³-hybridized carbons (Fsp3) is 0.278. The molecule has 2 nitrogen and oxygen atoms in total. The van der Waals surface area contributed by atoms with Gasteiger partial charge in [0.15, 0.2) is 0 Å². The topological polar surface area (TPSA) is 35.8 Å². The number of nitrogens with zero attached hydrogens (tertiary/aromatic N) is 1. The molecule has 2 aromatic carbocycles. The van der Waals surface area contributed by atoms with Gasteiger partial charge in [-0.3, -0.25) is 0 Å². The molecule has 1 aliphatic carbocycles. The van der Waals surface area contributed by atoms with E-state index in [1.807, 2.05) is 0 Å². The van der Waals surface area contributed by atoms with E-state index in [4.69, 9.17) is 5.26 Å². The Bertz CT molecular complexity index is 688. The number of anilines is 1. The van der Waals surface area contributed by atoms with Crippen LogP contribution in [0.3, 0.4) is 0 Å². The zero-order valence-electron chi connectivity index (χ0n) is 11.8. The van der Waals surface area contributed by atoms with Crippen LogP contribution in [0.1, 0.15) is 42.0 Å². The van der Waals surface area contributed by atoms with E-state index in [1.54, 1.807) is 6.07 Å².